The van der Waals surface area contributed by atoms with Gasteiger partial charge < -0.3 is 20.4 Å². The molecule has 0 radical (unpaired) electrons. The molecule has 0 fully saturated rings. The second kappa shape index (κ2) is 9.23. The van der Waals surface area contributed by atoms with E-state index >= 15 is 0 Å². The minimum Gasteiger partial charge on any atom is -0.435 e. The number of H-pyrrole nitrogens is 1. The molecule has 2 heterocycles. The predicted molar refractivity (Wildman–Crippen MR) is 122 cm³/mol. The van der Waals surface area contributed by atoms with E-state index in [0.717, 1.165) is 5.52 Å². The fourth-order valence-corrected chi connectivity index (χ4v) is 4.37. The van der Waals surface area contributed by atoms with Gasteiger partial charge in [0.25, 0.3) is 0 Å². The lowest BCUT2D eigenvalue weighted by molar-refractivity contribution is -0.0498. The molecule has 0 saturated heterocycles. The van der Waals surface area contributed by atoms with Gasteiger partial charge in [0.2, 0.25) is 0 Å². The maximum Gasteiger partial charge on any atom is 0.387 e. The van der Waals surface area contributed by atoms with E-state index in [1.165, 1.54) is 28.0 Å². The summed E-state index contributed by atoms with van der Waals surface area (Å²) in [6, 6.07) is 18.6. The predicted octanol–water partition coefficient (Wildman–Crippen LogP) is 5.95. The number of aromatic amines is 1. The summed E-state index contributed by atoms with van der Waals surface area (Å²) in [6.07, 6.45) is 2.05. The molecule has 8 heteroatoms. The van der Waals surface area contributed by atoms with E-state index < -0.39 is 6.61 Å². The van der Waals surface area contributed by atoms with E-state index in [1.807, 2.05) is 18.2 Å². The summed E-state index contributed by atoms with van der Waals surface area (Å²) in [6.45, 7) is -2.23. The van der Waals surface area contributed by atoms with Gasteiger partial charge in [0, 0.05) is 40.1 Å². The summed E-state index contributed by atoms with van der Waals surface area (Å²) in [4.78, 5) is 4.58. The number of hydrogen-bond donors (Lipinski definition) is 3. The maximum absolute atomic E-state index is 12.3. The molecule has 0 aliphatic carbocycles. The van der Waals surface area contributed by atoms with Crippen LogP contribution in [0, 0.1) is 0 Å². The molecule has 0 bridgehead atoms. The highest BCUT2D eigenvalue weighted by molar-refractivity contribution is 7.80. The SMILES string of the molecule is FC(F)Oc1ccc(NC(=S)NCC(c2cccs2)c2c[nH]c3ccccc23)cc1. The molecule has 0 aliphatic heterocycles. The van der Waals surface area contributed by atoms with Crippen molar-refractivity contribution in [2.75, 3.05) is 11.9 Å². The van der Waals surface area contributed by atoms with Crippen LogP contribution >= 0.6 is 23.6 Å². The smallest absolute Gasteiger partial charge is 0.387 e. The molecule has 154 valence electrons. The van der Waals surface area contributed by atoms with Gasteiger partial charge in [-0.3, -0.25) is 0 Å². The fourth-order valence-electron chi connectivity index (χ4n) is 3.33. The monoisotopic (exact) mass is 443 g/mol. The lowest BCUT2D eigenvalue weighted by Crippen LogP contribution is -2.32. The highest BCUT2D eigenvalue weighted by Gasteiger charge is 2.19. The van der Waals surface area contributed by atoms with Crippen LogP contribution in [0.5, 0.6) is 5.75 Å². The number of benzene rings is 2. The maximum atomic E-state index is 12.3. The van der Waals surface area contributed by atoms with Crippen molar-refractivity contribution < 1.29 is 13.5 Å². The van der Waals surface area contributed by atoms with Crippen molar-refractivity contribution in [1.29, 1.82) is 0 Å². The average Bonchev–Trinajstić information content (AvgIpc) is 3.40. The summed E-state index contributed by atoms with van der Waals surface area (Å²) >= 11 is 7.14. The lowest BCUT2D eigenvalue weighted by Gasteiger charge is -2.18. The molecule has 4 nitrogen and oxygen atoms in total. The highest BCUT2D eigenvalue weighted by Crippen LogP contribution is 2.32. The number of aromatic nitrogens is 1. The third-order valence-electron chi connectivity index (χ3n) is 4.69. The summed E-state index contributed by atoms with van der Waals surface area (Å²) in [7, 11) is 0. The van der Waals surface area contributed by atoms with Crippen LogP contribution in [0.1, 0.15) is 16.4 Å². The van der Waals surface area contributed by atoms with Gasteiger partial charge in [0.15, 0.2) is 5.11 Å². The fraction of sp³-hybridized carbons (Fsp3) is 0.136. The molecular weight excluding hydrogens is 424 g/mol. The zero-order valence-corrected chi connectivity index (χ0v) is 17.4. The molecule has 0 saturated carbocycles. The van der Waals surface area contributed by atoms with Gasteiger partial charge in [-0.1, -0.05) is 24.3 Å². The van der Waals surface area contributed by atoms with Crippen LogP contribution in [-0.2, 0) is 0 Å². The topological polar surface area (TPSA) is 49.1 Å². The summed E-state index contributed by atoms with van der Waals surface area (Å²) < 4.78 is 28.9. The van der Waals surface area contributed by atoms with Gasteiger partial charge in [0.05, 0.1) is 0 Å². The molecule has 0 spiro atoms. The molecule has 3 N–H and O–H groups in total. The van der Waals surface area contributed by atoms with E-state index in [4.69, 9.17) is 12.2 Å². The van der Waals surface area contributed by atoms with Crippen molar-refractivity contribution in [2.24, 2.45) is 0 Å². The first-order valence-electron chi connectivity index (χ1n) is 9.29. The first-order chi connectivity index (χ1) is 14.6. The number of anilines is 1. The minimum atomic E-state index is -2.84. The Morgan fingerprint density at radius 1 is 1.07 bits per heavy atom. The lowest BCUT2D eigenvalue weighted by atomic mass is 9.97. The molecule has 0 amide bonds. The normalized spacial score (nSPS) is 12.1. The van der Waals surface area contributed by atoms with Crippen molar-refractivity contribution >= 4 is 45.3 Å². The molecule has 1 unspecified atom stereocenters. The minimum absolute atomic E-state index is 0.103. The second-order valence-electron chi connectivity index (χ2n) is 6.60. The van der Waals surface area contributed by atoms with Gasteiger partial charge in [-0.25, -0.2) is 0 Å². The molecule has 30 heavy (non-hydrogen) atoms. The van der Waals surface area contributed by atoms with Gasteiger partial charge in [0.1, 0.15) is 5.75 Å². The Labute approximate surface area is 181 Å². The molecule has 2 aromatic carbocycles. The Bertz CT molecular complexity index is 1110. The summed E-state index contributed by atoms with van der Waals surface area (Å²) in [5.74, 6) is 0.231. The van der Waals surface area contributed by atoms with Crippen LogP contribution in [0.25, 0.3) is 10.9 Å². The number of fused-ring (bicyclic) bond motifs is 1. The Morgan fingerprint density at radius 3 is 2.60 bits per heavy atom. The Hall–Kier alpha value is -2.97. The summed E-state index contributed by atoms with van der Waals surface area (Å²) in [5, 5.41) is 10.1. The zero-order valence-electron chi connectivity index (χ0n) is 15.8. The first kappa shape index (κ1) is 20.3. The number of hydrogen-bond acceptors (Lipinski definition) is 3. The van der Waals surface area contributed by atoms with Crippen LogP contribution in [0.2, 0.25) is 0 Å². The van der Waals surface area contributed by atoms with Gasteiger partial charge >= 0.3 is 6.61 Å². The van der Waals surface area contributed by atoms with Gasteiger partial charge in [-0.15, -0.1) is 11.3 Å². The molecule has 4 rings (SSSR count). The molecule has 1 atom stereocenters. The van der Waals surface area contributed by atoms with E-state index in [9.17, 15) is 8.78 Å². The zero-order chi connectivity index (χ0) is 20.9. The van der Waals surface area contributed by atoms with Crippen LogP contribution in [0.4, 0.5) is 14.5 Å². The van der Waals surface area contributed by atoms with Crippen LogP contribution < -0.4 is 15.4 Å². The number of nitrogens with one attached hydrogen (secondary N) is 3. The molecule has 4 aromatic rings. The number of thiophene rings is 1. The third-order valence-corrected chi connectivity index (χ3v) is 5.92. The van der Waals surface area contributed by atoms with Crippen molar-refractivity contribution in [1.82, 2.24) is 10.3 Å². The number of ether oxygens (including phenoxy) is 1. The Morgan fingerprint density at radius 2 is 1.87 bits per heavy atom. The third kappa shape index (κ3) is 4.77. The second-order valence-corrected chi connectivity index (χ2v) is 7.98. The average molecular weight is 444 g/mol. The Balaban J connectivity index is 1.45. The molecule has 2 aromatic heterocycles. The molecular formula is C22H19F2N3OS2. The van der Waals surface area contributed by atoms with E-state index in [1.54, 1.807) is 23.5 Å². The van der Waals surface area contributed by atoms with Crippen molar-refractivity contribution in [2.45, 2.75) is 12.5 Å². The van der Waals surface area contributed by atoms with Crippen LogP contribution in [0.15, 0.2) is 72.2 Å². The largest absolute Gasteiger partial charge is 0.435 e. The van der Waals surface area contributed by atoms with E-state index in [0.29, 0.717) is 17.3 Å². The van der Waals surface area contributed by atoms with Crippen LogP contribution in [-0.4, -0.2) is 23.3 Å². The van der Waals surface area contributed by atoms with Gasteiger partial charge in [-0.2, -0.15) is 8.78 Å². The Kier molecular flexibility index (Phi) is 6.25. The number of alkyl halides is 2. The number of para-hydroxylation sites is 1. The van der Waals surface area contributed by atoms with Gasteiger partial charge in [-0.05, 0) is 59.6 Å². The van der Waals surface area contributed by atoms with E-state index in [2.05, 4.69) is 50.1 Å². The number of halogens is 2. The number of rotatable bonds is 7. The van der Waals surface area contributed by atoms with Crippen molar-refractivity contribution in [3.8, 4) is 5.75 Å². The standard InChI is InChI=1S/C22H19F2N3OS2/c23-21(24)28-15-9-7-14(8-10-15)27-22(29)26-13-18(20-6-3-11-30-20)17-12-25-19-5-2-1-4-16(17)19/h1-12,18,21,25H,13H2,(H2,26,27,29). The highest BCUT2D eigenvalue weighted by atomic mass is 32.1. The van der Waals surface area contributed by atoms with Crippen molar-refractivity contribution in [3.05, 3.63) is 82.7 Å². The first-order valence-corrected chi connectivity index (χ1v) is 10.6. The number of thiocarbonyl (C=S) groups is 1. The van der Waals surface area contributed by atoms with Crippen molar-refractivity contribution in [3.63, 3.8) is 0 Å². The molecule has 0 aliphatic rings. The van der Waals surface area contributed by atoms with E-state index in [-0.39, 0.29) is 11.7 Å². The quantitative estimate of drug-likeness (QED) is 0.309. The van der Waals surface area contributed by atoms with Crippen LogP contribution in [0.3, 0.4) is 0 Å². The summed E-state index contributed by atoms with van der Waals surface area (Å²) in [5.41, 5.74) is 2.99.